The largest absolute Gasteiger partial charge is 0.489 e. The summed E-state index contributed by atoms with van der Waals surface area (Å²) >= 11 is 1.38. The summed E-state index contributed by atoms with van der Waals surface area (Å²) in [4.78, 5) is 23.2. The Morgan fingerprint density at radius 3 is 2.54 bits per heavy atom. The van der Waals surface area contributed by atoms with Crippen molar-refractivity contribution in [2.75, 3.05) is 0 Å². The molecular formula is C19H16O4S. The Morgan fingerprint density at radius 2 is 1.79 bits per heavy atom. The van der Waals surface area contributed by atoms with Crippen LogP contribution in [0, 0.1) is 0 Å². The molecule has 0 aliphatic rings. The highest BCUT2D eigenvalue weighted by molar-refractivity contribution is 7.20. The molecular weight excluding hydrogens is 324 g/mol. The lowest BCUT2D eigenvalue weighted by molar-refractivity contribution is -0.136. The monoisotopic (exact) mass is 340 g/mol. The number of carboxylic acid groups (broad SMARTS) is 1. The van der Waals surface area contributed by atoms with Crippen LogP contribution in [0.5, 0.6) is 5.75 Å². The van der Waals surface area contributed by atoms with Crippen LogP contribution in [0.3, 0.4) is 0 Å². The number of benzene rings is 2. The predicted molar refractivity (Wildman–Crippen MR) is 93.8 cm³/mol. The number of hydrogen-bond donors (Lipinski definition) is 1. The van der Waals surface area contributed by atoms with E-state index in [0.717, 1.165) is 21.4 Å². The molecule has 2 aromatic carbocycles. The average Bonchev–Trinajstić information content (AvgIpc) is 3.02. The molecule has 3 rings (SSSR count). The van der Waals surface area contributed by atoms with Crippen LogP contribution in [0.4, 0.5) is 0 Å². The van der Waals surface area contributed by atoms with Crippen LogP contribution in [-0.4, -0.2) is 16.9 Å². The van der Waals surface area contributed by atoms with E-state index in [1.165, 1.54) is 11.3 Å². The molecule has 1 N–H and O–H groups in total. The number of ether oxygens (including phenoxy) is 1. The quantitative estimate of drug-likeness (QED) is 0.642. The SMILES string of the molecule is O=C(O)CCC(=O)c1cc2cc(OCc3ccccc3)ccc2s1. The first kappa shape index (κ1) is 16.2. The zero-order valence-corrected chi connectivity index (χ0v) is 13.7. The highest BCUT2D eigenvalue weighted by Gasteiger charge is 2.12. The molecule has 0 fully saturated rings. The van der Waals surface area contributed by atoms with Crippen LogP contribution in [0.15, 0.2) is 54.6 Å². The van der Waals surface area contributed by atoms with Crippen molar-refractivity contribution < 1.29 is 19.4 Å². The molecule has 0 amide bonds. The molecule has 0 bridgehead atoms. The van der Waals surface area contributed by atoms with Gasteiger partial charge in [0.2, 0.25) is 0 Å². The van der Waals surface area contributed by atoms with Gasteiger partial charge in [-0.05, 0) is 35.2 Å². The molecule has 1 aromatic heterocycles. The second-order valence-corrected chi connectivity index (χ2v) is 6.49. The van der Waals surface area contributed by atoms with E-state index in [9.17, 15) is 9.59 Å². The fourth-order valence-electron chi connectivity index (χ4n) is 2.33. The molecule has 4 nitrogen and oxygen atoms in total. The number of Topliss-reactive ketones (excluding diaryl/α,β-unsaturated/α-hetero) is 1. The Labute approximate surface area is 143 Å². The highest BCUT2D eigenvalue weighted by atomic mass is 32.1. The first-order valence-electron chi connectivity index (χ1n) is 7.57. The average molecular weight is 340 g/mol. The summed E-state index contributed by atoms with van der Waals surface area (Å²) in [6.07, 6.45) is -0.113. The number of ketones is 1. The van der Waals surface area contributed by atoms with Crippen LogP contribution >= 0.6 is 11.3 Å². The maximum Gasteiger partial charge on any atom is 0.303 e. The highest BCUT2D eigenvalue weighted by Crippen LogP contribution is 2.30. The second kappa shape index (κ2) is 7.27. The topological polar surface area (TPSA) is 63.6 Å². The number of carboxylic acids is 1. The van der Waals surface area contributed by atoms with Crippen molar-refractivity contribution >= 4 is 33.2 Å². The van der Waals surface area contributed by atoms with Crippen molar-refractivity contribution in [3.05, 3.63) is 65.0 Å². The van der Waals surface area contributed by atoms with Gasteiger partial charge in [-0.15, -0.1) is 11.3 Å². The predicted octanol–water partition coefficient (Wildman–Crippen LogP) is 4.53. The molecule has 1 heterocycles. The molecule has 0 aliphatic carbocycles. The molecule has 0 spiro atoms. The van der Waals surface area contributed by atoms with Crippen molar-refractivity contribution in [3.8, 4) is 5.75 Å². The van der Waals surface area contributed by atoms with Gasteiger partial charge in [-0.2, -0.15) is 0 Å². The van der Waals surface area contributed by atoms with E-state index >= 15 is 0 Å². The minimum atomic E-state index is -0.957. The van der Waals surface area contributed by atoms with Gasteiger partial charge in [-0.3, -0.25) is 9.59 Å². The summed E-state index contributed by atoms with van der Waals surface area (Å²) in [6.45, 7) is 0.487. The third-order valence-electron chi connectivity index (χ3n) is 3.58. The summed E-state index contributed by atoms with van der Waals surface area (Å²) in [5.74, 6) is -0.347. The van der Waals surface area contributed by atoms with Crippen LogP contribution < -0.4 is 4.74 Å². The van der Waals surface area contributed by atoms with E-state index < -0.39 is 5.97 Å². The van der Waals surface area contributed by atoms with Gasteiger partial charge in [0.15, 0.2) is 5.78 Å². The Morgan fingerprint density at radius 1 is 1.00 bits per heavy atom. The smallest absolute Gasteiger partial charge is 0.303 e. The summed E-state index contributed by atoms with van der Waals surface area (Å²) in [5, 5.41) is 9.61. The van der Waals surface area contributed by atoms with E-state index in [2.05, 4.69) is 0 Å². The van der Waals surface area contributed by atoms with E-state index in [1.54, 1.807) is 6.07 Å². The summed E-state index contributed by atoms with van der Waals surface area (Å²) in [7, 11) is 0. The fraction of sp³-hybridized carbons (Fsp3) is 0.158. The second-order valence-electron chi connectivity index (χ2n) is 5.40. The van der Waals surface area contributed by atoms with Crippen LogP contribution in [0.2, 0.25) is 0 Å². The number of carbonyl (C=O) groups excluding carboxylic acids is 1. The number of hydrogen-bond acceptors (Lipinski definition) is 4. The number of carbonyl (C=O) groups is 2. The standard InChI is InChI=1S/C19H16O4S/c20-16(7-9-19(21)22)18-11-14-10-15(6-8-17(14)24-18)23-12-13-4-2-1-3-5-13/h1-6,8,10-11H,7,9,12H2,(H,21,22). The minimum absolute atomic E-state index is 0.0273. The van der Waals surface area contributed by atoms with Gasteiger partial charge >= 0.3 is 5.97 Å². The number of aliphatic carboxylic acids is 1. The number of rotatable bonds is 7. The number of thiophene rings is 1. The van der Waals surface area contributed by atoms with Crippen LogP contribution in [-0.2, 0) is 11.4 Å². The Kier molecular flexibility index (Phi) is 4.91. The van der Waals surface area contributed by atoms with E-state index in [1.807, 2.05) is 48.5 Å². The molecule has 0 atom stereocenters. The van der Waals surface area contributed by atoms with Crippen molar-refractivity contribution in [1.29, 1.82) is 0 Å². The lowest BCUT2D eigenvalue weighted by atomic mass is 10.1. The maximum atomic E-state index is 12.0. The first-order valence-corrected chi connectivity index (χ1v) is 8.39. The molecule has 0 aliphatic heterocycles. The summed E-state index contributed by atoms with van der Waals surface area (Å²) in [6, 6.07) is 17.4. The molecule has 0 saturated heterocycles. The van der Waals surface area contributed by atoms with E-state index in [4.69, 9.17) is 9.84 Å². The molecule has 3 aromatic rings. The molecule has 0 radical (unpaired) electrons. The lowest BCUT2D eigenvalue weighted by Gasteiger charge is -2.06. The van der Waals surface area contributed by atoms with E-state index in [-0.39, 0.29) is 18.6 Å². The normalized spacial score (nSPS) is 10.7. The van der Waals surface area contributed by atoms with Gasteiger partial charge in [0.05, 0.1) is 11.3 Å². The third kappa shape index (κ3) is 4.00. The molecule has 0 saturated carbocycles. The third-order valence-corrected chi connectivity index (χ3v) is 4.73. The zero-order chi connectivity index (χ0) is 16.9. The summed E-state index contributed by atoms with van der Waals surface area (Å²) in [5.41, 5.74) is 1.09. The van der Waals surface area contributed by atoms with Gasteiger partial charge in [-0.1, -0.05) is 30.3 Å². The Bertz CT molecular complexity index is 867. The van der Waals surface area contributed by atoms with Gasteiger partial charge in [0, 0.05) is 11.1 Å². The van der Waals surface area contributed by atoms with Crippen molar-refractivity contribution in [1.82, 2.24) is 0 Å². The van der Waals surface area contributed by atoms with Gasteiger partial charge in [0.1, 0.15) is 12.4 Å². The summed E-state index contributed by atoms with van der Waals surface area (Å²) < 4.78 is 6.78. The van der Waals surface area contributed by atoms with Crippen LogP contribution in [0.1, 0.15) is 28.1 Å². The molecule has 122 valence electrons. The van der Waals surface area contributed by atoms with Crippen LogP contribution in [0.25, 0.3) is 10.1 Å². The maximum absolute atomic E-state index is 12.0. The number of fused-ring (bicyclic) bond motifs is 1. The molecule has 24 heavy (non-hydrogen) atoms. The van der Waals surface area contributed by atoms with Gasteiger partial charge in [-0.25, -0.2) is 0 Å². The Hall–Kier alpha value is -2.66. The lowest BCUT2D eigenvalue weighted by Crippen LogP contribution is -2.01. The fourth-order valence-corrected chi connectivity index (χ4v) is 3.34. The Balaban J connectivity index is 1.71. The van der Waals surface area contributed by atoms with E-state index in [0.29, 0.717) is 11.5 Å². The zero-order valence-electron chi connectivity index (χ0n) is 12.9. The van der Waals surface area contributed by atoms with Crippen molar-refractivity contribution in [2.45, 2.75) is 19.4 Å². The molecule has 5 heteroatoms. The van der Waals surface area contributed by atoms with Gasteiger partial charge < -0.3 is 9.84 Å². The van der Waals surface area contributed by atoms with Gasteiger partial charge in [0.25, 0.3) is 0 Å². The molecule has 0 unspecified atom stereocenters. The van der Waals surface area contributed by atoms with Crippen molar-refractivity contribution in [2.24, 2.45) is 0 Å². The minimum Gasteiger partial charge on any atom is -0.489 e. The van der Waals surface area contributed by atoms with Crippen molar-refractivity contribution in [3.63, 3.8) is 0 Å². The first-order chi connectivity index (χ1) is 11.6.